The Morgan fingerprint density at radius 1 is 1.53 bits per heavy atom. The molecule has 2 saturated carbocycles. The molecule has 4 unspecified atom stereocenters. The van der Waals surface area contributed by atoms with E-state index in [1.54, 1.807) is 0 Å². The van der Waals surface area contributed by atoms with Crippen molar-refractivity contribution in [3.8, 4) is 5.40 Å². The van der Waals surface area contributed by atoms with Gasteiger partial charge in [-0.1, -0.05) is 20.8 Å². The highest BCUT2D eigenvalue weighted by Gasteiger charge is 2.63. The fourth-order valence-electron chi connectivity index (χ4n) is 4.08. The van der Waals surface area contributed by atoms with Crippen molar-refractivity contribution >= 4 is 17.7 Å². The normalized spacial score (nSPS) is 39.9. The molecule has 4 atom stereocenters. The van der Waals surface area contributed by atoms with Gasteiger partial charge in [0.05, 0.1) is 0 Å². The molecule has 0 amide bonds. The molecule has 0 aromatic heterocycles. The molecule has 2 aliphatic rings. The van der Waals surface area contributed by atoms with E-state index in [4.69, 9.17) is 5.26 Å². The molecule has 2 bridgehead atoms. The number of nitrogens with zero attached hydrogens (tertiary/aromatic N) is 1. The Kier molecular flexibility index (Phi) is 2.94. The van der Waals surface area contributed by atoms with Gasteiger partial charge in [-0.05, 0) is 53.7 Å². The average Bonchev–Trinajstić information content (AvgIpc) is 2.57. The van der Waals surface area contributed by atoms with Crippen molar-refractivity contribution in [1.29, 1.82) is 5.26 Å². The number of rotatable bonds is 3. The van der Waals surface area contributed by atoms with E-state index in [9.17, 15) is 9.90 Å². The van der Waals surface area contributed by atoms with E-state index >= 15 is 0 Å². The van der Waals surface area contributed by atoms with Crippen molar-refractivity contribution in [1.82, 2.24) is 0 Å². The molecule has 0 spiro atoms. The molecule has 0 aromatic rings. The number of thioether (sulfide) groups is 1. The van der Waals surface area contributed by atoms with E-state index in [1.807, 2.05) is 5.40 Å². The van der Waals surface area contributed by atoms with Gasteiger partial charge in [-0.25, -0.2) is 0 Å². The first-order valence-electron chi connectivity index (χ1n) is 6.12. The zero-order valence-corrected chi connectivity index (χ0v) is 11.4. The molecule has 17 heavy (non-hydrogen) atoms. The lowest BCUT2D eigenvalue weighted by Gasteiger charge is -2.40. The number of hydrogen-bond acceptors (Lipinski definition) is 3. The summed E-state index contributed by atoms with van der Waals surface area (Å²) in [4.78, 5) is 11.3. The van der Waals surface area contributed by atoms with Crippen molar-refractivity contribution in [2.24, 2.45) is 22.7 Å². The smallest absolute Gasteiger partial charge is 0.318 e. The summed E-state index contributed by atoms with van der Waals surface area (Å²) in [6.45, 7) is 6.75. The minimum atomic E-state index is -0.828. The van der Waals surface area contributed by atoms with E-state index in [1.165, 1.54) is 6.42 Å². The lowest BCUT2D eigenvalue weighted by Crippen LogP contribution is -2.40. The Bertz CT molecular complexity index is 387. The maximum atomic E-state index is 11.3. The van der Waals surface area contributed by atoms with Gasteiger partial charge in [-0.2, -0.15) is 5.26 Å². The average molecular weight is 253 g/mol. The fourth-order valence-corrected chi connectivity index (χ4v) is 4.87. The molecule has 0 aliphatic heterocycles. The van der Waals surface area contributed by atoms with Crippen LogP contribution >= 0.6 is 11.8 Å². The van der Waals surface area contributed by atoms with Crippen LogP contribution in [-0.2, 0) is 4.79 Å². The third-order valence-corrected chi connectivity index (χ3v) is 6.54. The summed E-state index contributed by atoms with van der Waals surface area (Å²) >= 11 is 0.927. The molecular weight excluding hydrogens is 234 g/mol. The molecule has 3 nitrogen and oxygen atoms in total. The summed E-state index contributed by atoms with van der Waals surface area (Å²) in [5.74, 6) is -0.0665. The second-order valence-electron chi connectivity index (χ2n) is 6.18. The maximum Gasteiger partial charge on any atom is 0.318 e. The number of hydrogen-bond donors (Lipinski definition) is 1. The minimum absolute atomic E-state index is 0.0740. The van der Waals surface area contributed by atoms with Crippen molar-refractivity contribution < 1.29 is 9.90 Å². The Balaban J connectivity index is 2.31. The Hall–Kier alpha value is -0.690. The first-order chi connectivity index (χ1) is 7.84. The standard InChI is InChI=1S/C13H19NO2S/c1-12(2)8-4-5-13(12,3)9(6-8)10(11(15)16)17-7-14/h8-10H,4-6H2,1-3H3,(H,15,16). The van der Waals surface area contributed by atoms with E-state index in [0.717, 1.165) is 24.6 Å². The van der Waals surface area contributed by atoms with Gasteiger partial charge in [0.15, 0.2) is 0 Å². The largest absolute Gasteiger partial charge is 0.480 e. The van der Waals surface area contributed by atoms with Crippen molar-refractivity contribution in [3.63, 3.8) is 0 Å². The SMILES string of the molecule is CC1(C)C2CCC1(C)C(C(SC#N)C(=O)O)C2. The fraction of sp³-hybridized carbons (Fsp3) is 0.846. The van der Waals surface area contributed by atoms with Crippen LogP contribution in [0.1, 0.15) is 40.0 Å². The number of carboxylic acid groups (broad SMARTS) is 1. The number of carbonyl (C=O) groups is 1. The second kappa shape index (κ2) is 3.91. The predicted octanol–water partition coefficient (Wildman–Crippen LogP) is 3.12. The summed E-state index contributed by atoms with van der Waals surface area (Å²) in [5, 5.41) is 19.5. The van der Waals surface area contributed by atoms with Gasteiger partial charge in [0, 0.05) is 0 Å². The van der Waals surface area contributed by atoms with Crippen LogP contribution in [0.5, 0.6) is 0 Å². The summed E-state index contributed by atoms with van der Waals surface area (Å²) in [5.41, 5.74) is 0.284. The van der Waals surface area contributed by atoms with Gasteiger partial charge in [0.2, 0.25) is 0 Å². The third-order valence-electron chi connectivity index (χ3n) is 5.65. The number of aliphatic carboxylic acids is 1. The highest BCUT2D eigenvalue weighted by molar-refractivity contribution is 8.04. The molecule has 0 saturated heterocycles. The second-order valence-corrected chi connectivity index (χ2v) is 7.11. The van der Waals surface area contributed by atoms with Crippen LogP contribution in [0, 0.1) is 33.3 Å². The molecule has 1 N–H and O–H groups in total. The minimum Gasteiger partial charge on any atom is -0.480 e. The number of nitriles is 1. The molecule has 2 rings (SSSR count). The molecule has 94 valence electrons. The van der Waals surface area contributed by atoms with E-state index in [-0.39, 0.29) is 16.7 Å². The van der Waals surface area contributed by atoms with Crippen LogP contribution in [0.2, 0.25) is 0 Å². The van der Waals surface area contributed by atoms with E-state index in [2.05, 4.69) is 20.8 Å². The lowest BCUT2D eigenvalue weighted by atomic mass is 9.66. The molecule has 4 heteroatoms. The topological polar surface area (TPSA) is 61.1 Å². The van der Waals surface area contributed by atoms with E-state index < -0.39 is 11.2 Å². The van der Waals surface area contributed by atoms with Crippen LogP contribution in [0.4, 0.5) is 0 Å². The quantitative estimate of drug-likeness (QED) is 0.785. The summed E-state index contributed by atoms with van der Waals surface area (Å²) in [6, 6.07) is 0. The maximum absolute atomic E-state index is 11.3. The van der Waals surface area contributed by atoms with Crippen LogP contribution in [0.25, 0.3) is 0 Å². The predicted molar refractivity (Wildman–Crippen MR) is 67.3 cm³/mol. The molecular formula is C13H19NO2S. The van der Waals surface area contributed by atoms with Gasteiger partial charge >= 0.3 is 5.97 Å². The number of carboxylic acids is 1. The lowest BCUT2D eigenvalue weighted by molar-refractivity contribution is -0.138. The van der Waals surface area contributed by atoms with Gasteiger partial charge < -0.3 is 5.11 Å². The van der Waals surface area contributed by atoms with Crippen LogP contribution in [-0.4, -0.2) is 16.3 Å². The number of thiocyanates is 1. The molecule has 0 heterocycles. The highest BCUT2D eigenvalue weighted by Crippen LogP contribution is 2.69. The zero-order valence-electron chi connectivity index (χ0n) is 10.6. The summed E-state index contributed by atoms with van der Waals surface area (Å²) in [7, 11) is 0. The van der Waals surface area contributed by atoms with Gasteiger partial charge in [-0.3, -0.25) is 4.79 Å². The highest BCUT2D eigenvalue weighted by atomic mass is 32.2. The summed E-state index contributed by atoms with van der Waals surface area (Å²) < 4.78 is 0. The van der Waals surface area contributed by atoms with E-state index in [0.29, 0.717) is 5.92 Å². The Morgan fingerprint density at radius 2 is 2.18 bits per heavy atom. The van der Waals surface area contributed by atoms with Crippen molar-refractivity contribution in [2.45, 2.75) is 45.3 Å². The summed E-state index contributed by atoms with van der Waals surface area (Å²) in [6.07, 6.45) is 3.28. The van der Waals surface area contributed by atoms with Gasteiger partial charge in [0.25, 0.3) is 0 Å². The molecule has 0 radical (unpaired) electrons. The van der Waals surface area contributed by atoms with Crippen LogP contribution in [0.3, 0.4) is 0 Å². The van der Waals surface area contributed by atoms with Gasteiger partial charge in [-0.15, -0.1) is 0 Å². The molecule has 2 fully saturated rings. The first kappa shape index (κ1) is 12.8. The van der Waals surface area contributed by atoms with Gasteiger partial charge in [0.1, 0.15) is 10.7 Å². The monoisotopic (exact) mass is 253 g/mol. The third kappa shape index (κ3) is 1.59. The van der Waals surface area contributed by atoms with Crippen molar-refractivity contribution in [3.05, 3.63) is 0 Å². The zero-order chi connectivity index (χ0) is 12.8. The first-order valence-corrected chi connectivity index (χ1v) is 7.00. The Labute approximate surface area is 107 Å². The number of fused-ring (bicyclic) bond motifs is 2. The van der Waals surface area contributed by atoms with Crippen LogP contribution < -0.4 is 0 Å². The van der Waals surface area contributed by atoms with Crippen molar-refractivity contribution in [2.75, 3.05) is 0 Å². The molecule has 0 aromatic carbocycles. The molecule has 2 aliphatic carbocycles. The Morgan fingerprint density at radius 3 is 2.53 bits per heavy atom. The van der Waals surface area contributed by atoms with Crippen LogP contribution in [0.15, 0.2) is 0 Å².